The standard InChI is InChI=1S/C19H16Cl2N2OS/c1-4-9-23-17-15(8-7-14(20)16(17)21)25-19(23)22-18(24)13-6-5-11(2)12(3)10-13/h4-8,10H,1,9H2,2-3H3. The van der Waals surface area contributed by atoms with E-state index in [1.807, 2.05) is 36.6 Å². The fourth-order valence-corrected chi connectivity index (χ4v) is 4.03. The number of hydrogen-bond acceptors (Lipinski definition) is 2. The normalized spacial score (nSPS) is 11.9. The first-order valence-electron chi connectivity index (χ1n) is 7.67. The Hall–Kier alpha value is -1.88. The Balaban J connectivity index is 2.19. The molecule has 128 valence electrons. The van der Waals surface area contributed by atoms with Gasteiger partial charge in [0.15, 0.2) is 4.80 Å². The Morgan fingerprint density at radius 1 is 1.24 bits per heavy atom. The molecule has 3 aromatic rings. The molecular weight excluding hydrogens is 375 g/mol. The van der Waals surface area contributed by atoms with Crippen LogP contribution in [0.25, 0.3) is 10.2 Å². The van der Waals surface area contributed by atoms with E-state index in [4.69, 9.17) is 23.2 Å². The molecule has 0 N–H and O–H groups in total. The van der Waals surface area contributed by atoms with Gasteiger partial charge in [-0.05, 0) is 49.2 Å². The summed E-state index contributed by atoms with van der Waals surface area (Å²) in [5.41, 5.74) is 3.54. The molecule has 0 spiro atoms. The largest absolute Gasteiger partial charge is 0.311 e. The molecule has 3 nitrogen and oxygen atoms in total. The van der Waals surface area contributed by atoms with Crippen LogP contribution in [0.4, 0.5) is 0 Å². The smallest absolute Gasteiger partial charge is 0.279 e. The predicted molar refractivity (Wildman–Crippen MR) is 106 cm³/mol. The number of amides is 1. The second-order valence-corrected chi connectivity index (χ2v) is 7.50. The average Bonchev–Trinajstić information content (AvgIpc) is 2.92. The SMILES string of the molecule is C=CCn1c(=NC(=O)c2ccc(C)c(C)c2)sc2ccc(Cl)c(Cl)c21. The van der Waals surface area contributed by atoms with E-state index < -0.39 is 0 Å². The van der Waals surface area contributed by atoms with E-state index >= 15 is 0 Å². The number of carbonyl (C=O) groups is 1. The monoisotopic (exact) mass is 390 g/mol. The van der Waals surface area contributed by atoms with Crippen LogP contribution in [0.1, 0.15) is 21.5 Å². The number of benzene rings is 2. The molecule has 0 fully saturated rings. The molecule has 0 radical (unpaired) electrons. The highest BCUT2D eigenvalue weighted by Gasteiger charge is 2.13. The average molecular weight is 391 g/mol. The first-order chi connectivity index (χ1) is 11.9. The maximum atomic E-state index is 12.6. The quantitative estimate of drug-likeness (QED) is 0.539. The molecule has 6 heteroatoms. The first-order valence-corrected chi connectivity index (χ1v) is 9.24. The van der Waals surface area contributed by atoms with Gasteiger partial charge in [0.2, 0.25) is 0 Å². The summed E-state index contributed by atoms with van der Waals surface area (Å²) in [5, 5.41) is 0.925. The van der Waals surface area contributed by atoms with Gasteiger partial charge < -0.3 is 4.57 Å². The number of hydrogen-bond donors (Lipinski definition) is 0. The number of carbonyl (C=O) groups excluding carboxylic acids is 1. The van der Waals surface area contributed by atoms with E-state index in [0.29, 0.717) is 27.0 Å². The van der Waals surface area contributed by atoms with Crippen LogP contribution in [0, 0.1) is 13.8 Å². The fourth-order valence-electron chi connectivity index (χ4n) is 2.51. The van der Waals surface area contributed by atoms with Crippen LogP contribution in [0.15, 0.2) is 48.0 Å². The Kier molecular flexibility index (Phi) is 5.13. The Morgan fingerprint density at radius 3 is 2.68 bits per heavy atom. The Labute approximate surface area is 159 Å². The van der Waals surface area contributed by atoms with Gasteiger partial charge in [0.05, 0.1) is 20.3 Å². The van der Waals surface area contributed by atoms with E-state index in [1.54, 1.807) is 18.2 Å². The molecule has 1 heterocycles. The summed E-state index contributed by atoms with van der Waals surface area (Å²) in [6.07, 6.45) is 1.74. The molecule has 0 saturated carbocycles. The second-order valence-electron chi connectivity index (χ2n) is 5.71. The van der Waals surface area contributed by atoms with Crippen molar-refractivity contribution >= 4 is 50.7 Å². The number of halogens is 2. The summed E-state index contributed by atoms with van der Waals surface area (Å²) in [4.78, 5) is 17.5. The third kappa shape index (κ3) is 3.43. The van der Waals surface area contributed by atoms with Crippen molar-refractivity contribution in [1.82, 2.24) is 4.57 Å². The lowest BCUT2D eigenvalue weighted by atomic mass is 10.1. The third-order valence-electron chi connectivity index (χ3n) is 4.00. The second kappa shape index (κ2) is 7.16. The Bertz CT molecular complexity index is 1060. The van der Waals surface area contributed by atoms with Crippen molar-refractivity contribution in [2.45, 2.75) is 20.4 Å². The zero-order chi connectivity index (χ0) is 18.1. The highest BCUT2D eigenvalue weighted by molar-refractivity contribution is 7.16. The van der Waals surface area contributed by atoms with Gasteiger partial charge in [-0.3, -0.25) is 4.79 Å². The molecule has 0 aliphatic carbocycles. The lowest BCUT2D eigenvalue weighted by Gasteiger charge is -2.04. The van der Waals surface area contributed by atoms with Gasteiger partial charge in [-0.1, -0.05) is 46.7 Å². The van der Waals surface area contributed by atoms with E-state index in [-0.39, 0.29) is 5.91 Å². The van der Waals surface area contributed by atoms with E-state index in [2.05, 4.69) is 11.6 Å². The molecule has 0 saturated heterocycles. The van der Waals surface area contributed by atoms with Crippen LogP contribution < -0.4 is 4.80 Å². The van der Waals surface area contributed by atoms with Crippen molar-refractivity contribution in [2.75, 3.05) is 0 Å². The lowest BCUT2D eigenvalue weighted by molar-refractivity contribution is 0.0998. The molecule has 0 aliphatic rings. The van der Waals surface area contributed by atoms with Crippen molar-refractivity contribution in [3.8, 4) is 0 Å². The Morgan fingerprint density at radius 2 is 2.00 bits per heavy atom. The van der Waals surface area contributed by atoms with Gasteiger partial charge in [0, 0.05) is 12.1 Å². The van der Waals surface area contributed by atoms with Crippen LogP contribution in [-0.4, -0.2) is 10.5 Å². The minimum absolute atomic E-state index is 0.283. The molecule has 3 rings (SSSR count). The number of rotatable bonds is 3. The van der Waals surface area contributed by atoms with E-state index in [0.717, 1.165) is 21.3 Å². The summed E-state index contributed by atoms with van der Waals surface area (Å²) >= 11 is 13.9. The van der Waals surface area contributed by atoms with Crippen LogP contribution in [0.2, 0.25) is 10.0 Å². The third-order valence-corrected chi connectivity index (χ3v) is 5.83. The predicted octanol–water partition coefficient (Wildman–Crippen LogP) is 5.55. The van der Waals surface area contributed by atoms with Gasteiger partial charge in [0.1, 0.15) is 0 Å². The van der Waals surface area contributed by atoms with Gasteiger partial charge >= 0.3 is 0 Å². The van der Waals surface area contributed by atoms with Gasteiger partial charge in [-0.2, -0.15) is 4.99 Å². The fraction of sp³-hybridized carbons (Fsp3) is 0.158. The number of aryl methyl sites for hydroxylation is 2. The zero-order valence-electron chi connectivity index (χ0n) is 13.8. The molecule has 25 heavy (non-hydrogen) atoms. The molecule has 0 unspecified atom stereocenters. The highest BCUT2D eigenvalue weighted by atomic mass is 35.5. The van der Waals surface area contributed by atoms with E-state index in [9.17, 15) is 4.79 Å². The maximum absolute atomic E-state index is 12.6. The van der Waals surface area contributed by atoms with Crippen molar-refractivity contribution in [1.29, 1.82) is 0 Å². The summed E-state index contributed by atoms with van der Waals surface area (Å²) < 4.78 is 2.78. The summed E-state index contributed by atoms with van der Waals surface area (Å²) in [5.74, 6) is -0.283. The number of thiazole rings is 1. The molecule has 1 aromatic heterocycles. The van der Waals surface area contributed by atoms with Gasteiger partial charge in [-0.15, -0.1) is 6.58 Å². The summed E-state index contributed by atoms with van der Waals surface area (Å²) in [7, 11) is 0. The molecule has 0 aliphatic heterocycles. The van der Waals surface area contributed by atoms with E-state index in [1.165, 1.54) is 11.3 Å². The number of fused-ring (bicyclic) bond motifs is 1. The van der Waals surface area contributed by atoms with Crippen LogP contribution in [0.5, 0.6) is 0 Å². The number of allylic oxidation sites excluding steroid dienone is 1. The minimum Gasteiger partial charge on any atom is -0.311 e. The number of aromatic nitrogens is 1. The van der Waals surface area contributed by atoms with Crippen molar-refractivity contribution in [3.05, 3.63) is 74.5 Å². The molecule has 0 bridgehead atoms. The van der Waals surface area contributed by atoms with Crippen molar-refractivity contribution in [2.24, 2.45) is 4.99 Å². The lowest BCUT2D eigenvalue weighted by Crippen LogP contribution is -2.16. The zero-order valence-corrected chi connectivity index (χ0v) is 16.2. The molecule has 0 atom stereocenters. The van der Waals surface area contributed by atoms with Crippen molar-refractivity contribution < 1.29 is 4.79 Å². The van der Waals surface area contributed by atoms with Gasteiger partial charge in [-0.25, -0.2) is 0 Å². The molecule has 2 aromatic carbocycles. The topological polar surface area (TPSA) is 34.4 Å². The van der Waals surface area contributed by atoms with Gasteiger partial charge in [0.25, 0.3) is 5.91 Å². The minimum atomic E-state index is -0.283. The van der Waals surface area contributed by atoms with Crippen molar-refractivity contribution in [3.63, 3.8) is 0 Å². The molecular formula is C19H16Cl2N2OS. The van der Waals surface area contributed by atoms with Crippen LogP contribution in [-0.2, 0) is 6.54 Å². The summed E-state index contributed by atoms with van der Waals surface area (Å²) in [6.45, 7) is 8.25. The maximum Gasteiger partial charge on any atom is 0.279 e. The number of nitrogens with zero attached hydrogens (tertiary/aromatic N) is 2. The highest BCUT2D eigenvalue weighted by Crippen LogP contribution is 2.32. The van der Waals surface area contributed by atoms with Crippen LogP contribution >= 0.6 is 34.5 Å². The van der Waals surface area contributed by atoms with Crippen LogP contribution in [0.3, 0.4) is 0 Å². The molecule has 1 amide bonds. The first kappa shape index (κ1) is 17.9. The summed E-state index contributed by atoms with van der Waals surface area (Å²) in [6, 6.07) is 9.21.